The number of nitrogens with zero attached hydrogens (tertiary/aromatic N) is 1. The Labute approximate surface area is 122 Å². The molecule has 1 heterocycles. The molecule has 0 radical (unpaired) electrons. The van der Waals surface area contributed by atoms with Crippen LogP contribution in [0.1, 0.15) is 23.6 Å². The minimum atomic E-state index is -0.542. The van der Waals surface area contributed by atoms with Crippen molar-refractivity contribution in [3.63, 3.8) is 0 Å². The van der Waals surface area contributed by atoms with Crippen molar-refractivity contribution < 1.29 is 19.1 Å². The maximum Gasteiger partial charge on any atom is 0.322 e. The Kier molecular flexibility index (Phi) is 4.55. The monoisotopic (exact) mass is 288 g/mol. The first kappa shape index (κ1) is 15.0. The molecule has 1 aliphatic rings. The molecule has 0 bridgehead atoms. The van der Waals surface area contributed by atoms with Gasteiger partial charge in [0.25, 0.3) is 0 Å². The van der Waals surface area contributed by atoms with Crippen molar-refractivity contribution in [1.29, 1.82) is 5.26 Å². The highest BCUT2D eigenvalue weighted by Gasteiger charge is 2.43. The molecule has 2 rings (SSSR count). The molecule has 3 atom stereocenters. The molecule has 1 aliphatic heterocycles. The lowest BCUT2D eigenvalue weighted by Gasteiger charge is -2.18. The van der Waals surface area contributed by atoms with E-state index >= 15 is 0 Å². The van der Waals surface area contributed by atoms with Gasteiger partial charge in [-0.1, -0.05) is 12.1 Å². The van der Waals surface area contributed by atoms with Crippen molar-refractivity contribution in [1.82, 2.24) is 5.32 Å². The molecule has 0 aromatic heterocycles. The van der Waals surface area contributed by atoms with Crippen molar-refractivity contribution in [2.75, 3.05) is 14.2 Å². The summed E-state index contributed by atoms with van der Waals surface area (Å²) in [6.07, 6.45) is 0.323. The lowest BCUT2D eigenvalue weighted by Crippen LogP contribution is -2.33. The Hall–Kier alpha value is -2.39. The topological polar surface area (TPSA) is 88.4 Å². The summed E-state index contributed by atoms with van der Waals surface area (Å²) >= 11 is 0. The number of rotatable bonds is 3. The lowest BCUT2D eigenvalue weighted by molar-refractivity contribution is -0.146. The van der Waals surface area contributed by atoms with Gasteiger partial charge >= 0.3 is 11.9 Å². The first-order valence-corrected chi connectivity index (χ1v) is 6.52. The smallest absolute Gasteiger partial charge is 0.322 e. The Morgan fingerprint density at radius 1 is 1.19 bits per heavy atom. The van der Waals surface area contributed by atoms with Crippen molar-refractivity contribution in [2.45, 2.75) is 18.5 Å². The van der Waals surface area contributed by atoms with Crippen LogP contribution < -0.4 is 5.32 Å². The highest BCUT2D eigenvalue weighted by Crippen LogP contribution is 2.34. The van der Waals surface area contributed by atoms with E-state index in [9.17, 15) is 9.59 Å². The number of esters is 2. The van der Waals surface area contributed by atoms with Gasteiger partial charge in [-0.05, 0) is 24.1 Å². The summed E-state index contributed by atoms with van der Waals surface area (Å²) < 4.78 is 9.53. The number of benzene rings is 1. The lowest BCUT2D eigenvalue weighted by atomic mass is 9.93. The third kappa shape index (κ3) is 3.03. The fourth-order valence-electron chi connectivity index (χ4n) is 2.57. The number of carbonyl (C=O) groups excluding carboxylic acids is 2. The van der Waals surface area contributed by atoms with Crippen LogP contribution in [-0.2, 0) is 19.1 Å². The third-order valence-electron chi connectivity index (χ3n) is 3.66. The SMILES string of the molecule is COC(=O)[C@H]1C[C@H](C(=O)OC)N[C@@H]1c1ccc(C#N)cc1. The Morgan fingerprint density at radius 2 is 1.81 bits per heavy atom. The standard InChI is InChI=1S/C15H16N2O4/c1-20-14(18)11-7-12(15(19)21-2)17-13(11)10-5-3-9(8-16)4-6-10/h3-6,11-13,17H,7H2,1-2H3/t11-,12+,13+/m0/s1. The molecule has 6 heteroatoms. The van der Waals surface area contributed by atoms with E-state index in [0.717, 1.165) is 5.56 Å². The second-order valence-electron chi connectivity index (χ2n) is 4.82. The predicted molar refractivity (Wildman–Crippen MR) is 73.0 cm³/mol. The molecule has 0 amide bonds. The average molecular weight is 288 g/mol. The summed E-state index contributed by atoms with van der Waals surface area (Å²) in [5, 5.41) is 11.9. The maximum absolute atomic E-state index is 11.9. The summed E-state index contributed by atoms with van der Waals surface area (Å²) in [4.78, 5) is 23.6. The average Bonchev–Trinajstić information content (AvgIpc) is 2.98. The highest BCUT2D eigenvalue weighted by molar-refractivity contribution is 5.80. The minimum Gasteiger partial charge on any atom is -0.469 e. The zero-order valence-electron chi connectivity index (χ0n) is 11.8. The molecule has 0 spiro atoms. The van der Waals surface area contributed by atoms with Crippen molar-refractivity contribution in [3.05, 3.63) is 35.4 Å². The van der Waals surface area contributed by atoms with Gasteiger partial charge in [0.05, 0.1) is 31.8 Å². The number of nitrogens with one attached hydrogen (secondary N) is 1. The van der Waals surface area contributed by atoms with Gasteiger partial charge in [-0.25, -0.2) is 0 Å². The third-order valence-corrected chi connectivity index (χ3v) is 3.66. The van der Waals surface area contributed by atoms with Crippen molar-refractivity contribution in [3.8, 4) is 6.07 Å². The van der Waals surface area contributed by atoms with Crippen LogP contribution >= 0.6 is 0 Å². The zero-order chi connectivity index (χ0) is 15.4. The maximum atomic E-state index is 11.9. The van der Waals surface area contributed by atoms with Gasteiger partial charge in [0.1, 0.15) is 6.04 Å². The first-order chi connectivity index (χ1) is 10.1. The highest BCUT2D eigenvalue weighted by atomic mass is 16.5. The summed E-state index contributed by atoms with van der Waals surface area (Å²) in [6.45, 7) is 0. The van der Waals surface area contributed by atoms with E-state index in [-0.39, 0.29) is 12.0 Å². The van der Waals surface area contributed by atoms with Crippen molar-refractivity contribution in [2.24, 2.45) is 5.92 Å². The van der Waals surface area contributed by atoms with E-state index in [1.54, 1.807) is 24.3 Å². The number of carbonyl (C=O) groups is 2. The molecular weight excluding hydrogens is 272 g/mol. The van der Waals surface area contributed by atoms with E-state index in [0.29, 0.717) is 12.0 Å². The molecule has 6 nitrogen and oxygen atoms in total. The summed E-state index contributed by atoms with van der Waals surface area (Å²) in [6, 6.07) is 8.05. The van der Waals surface area contributed by atoms with Gasteiger partial charge in [-0.15, -0.1) is 0 Å². The van der Waals surface area contributed by atoms with Crippen LogP contribution in [-0.4, -0.2) is 32.2 Å². The molecule has 110 valence electrons. The van der Waals surface area contributed by atoms with E-state index in [1.165, 1.54) is 14.2 Å². The molecular formula is C15H16N2O4. The number of methoxy groups -OCH3 is 2. The van der Waals surface area contributed by atoms with Crippen LogP contribution in [0.5, 0.6) is 0 Å². The van der Waals surface area contributed by atoms with Crippen LogP contribution in [0.4, 0.5) is 0 Å². The molecule has 21 heavy (non-hydrogen) atoms. The van der Waals surface area contributed by atoms with Gasteiger partial charge < -0.3 is 9.47 Å². The van der Waals surface area contributed by atoms with Gasteiger partial charge in [-0.3, -0.25) is 14.9 Å². The summed E-state index contributed by atoms with van der Waals surface area (Å²) in [5.74, 6) is -1.24. The van der Waals surface area contributed by atoms with E-state index in [4.69, 9.17) is 14.7 Å². The van der Waals surface area contributed by atoms with Crippen LogP contribution in [0.25, 0.3) is 0 Å². The van der Waals surface area contributed by atoms with E-state index < -0.39 is 17.9 Å². The van der Waals surface area contributed by atoms with E-state index in [2.05, 4.69) is 5.32 Å². The van der Waals surface area contributed by atoms with Crippen LogP contribution in [0, 0.1) is 17.2 Å². The van der Waals surface area contributed by atoms with Crippen molar-refractivity contribution >= 4 is 11.9 Å². The predicted octanol–water partition coefficient (Wildman–Crippen LogP) is 0.923. The second-order valence-corrected chi connectivity index (χ2v) is 4.82. The molecule has 0 unspecified atom stereocenters. The normalized spacial score (nSPS) is 24.1. The van der Waals surface area contributed by atoms with Gasteiger partial charge in [0.15, 0.2) is 0 Å². The number of nitriles is 1. The van der Waals surface area contributed by atoms with Crippen LogP contribution in [0.15, 0.2) is 24.3 Å². The fraction of sp³-hybridized carbons (Fsp3) is 0.400. The Balaban J connectivity index is 2.27. The quantitative estimate of drug-likeness (QED) is 0.832. The van der Waals surface area contributed by atoms with E-state index in [1.807, 2.05) is 6.07 Å². The molecule has 1 saturated heterocycles. The molecule has 1 aromatic carbocycles. The molecule has 0 aliphatic carbocycles. The molecule has 0 saturated carbocycles. The number of hydrogen-bond acceptors (Lipinski definition) is 6. The summed E-state index contributed by atoms with van der Waals surface area (Å²) in [7, 11) is 2.63. The van der Waals surface area contributed by atoms with Gasteiger partial charge in [-0.2, -0.15) is 5.26 Å². The first-order valence-electron chi connectivity index (χ1n) is 6.52. The second kappa shape index (κ2) is 6.37. The van der Waals surface area contributed by atoms with Gasteiger partial charge in [0.2, 0.25) is 0 Å². The van der Waals surface area contributed by atoms with Crippen LogP contribution in [0.2, 0.25) is 0 Å². The van der Waals surface area contributed by atoms with Crippen LogP contribution in [0.3, 0.4) is 0 Å². The summed E-state index contributed by atoms with van der Waals surface area (Å²) in [5.41, 5.74) is 1.37. The van der Waals surface area contributed by atoms with Gasteiger partial charge in [0, 0.05) is 6.04 Å². The molecule has 1 aromatic rings. The molecule has 1 fully saturated rings. The Bertz CT molecular complexity index is 576. The Morgan fingerprint density at radius 3 is 2.33 bits per heavy atom. The zero-order valence-corrected chi connectivity index (χ0v) is 11.8. The number of hydrogen-bond donors (Lipinski definition) is 1. The largest absolute Gasteiger partial charge is 0.469 e. The number of ether oxygens (including phenoxy) is 2. The minimum absolute atomic E-state index is 0.323. The fourth-order valence-corrected chi connectivity index (χ4v) is 2.57. The molecule has 1 N–H and O–H groups in total.